The SMILES string of the molecule is CC(n1ccnc1)n1cncn1. The van der Waals surface area contributed by atoms with Gasteiger partial charge in [-0.15, -0.1) is 0 Å². The normalized spacial score (nSPS) is 13.1. The van der Waals surface area contributed by atoms with Crippen molar-refractivity contribution in [1.29, 1.82) is 0 Å². The van der Waals surface area contributed by atoms with E-state index in [2.05, 4.69) is 15.1 Å². The molecule has 0 spiro atoms. The van der Waals surface area contributed by atoms with Crippen LogP contribution in [-0.4, -0.2) is 24.3 Å². The van der Waals surface area contributed by atoms with E-state index >= 15 is 0 Å². The Morgan fingerprint density at radius 1 is 1.25 bits per heavy atom. The van der Waals surface area contributed by atoms with Crippen LogP contribution >= 0.6 is 0 Å². The van der Waals surface area contributed by atoms with Crippen LogP contribution in [0, 0.1) is 0 Å². The third kappa shape index (κ3) is 1.09. The van der Waals surface area contributed by atoms with Gasteiger partial charge in [0.2, 0.25) is 0 Å². The lowest BCUT2D eigenvalue weighted by Gasteiger charge is -2.11. The average molecular weight is 163 g/mol. The second kappa shape index (κ2) is 2.77. The summed E-state index contributed by atoms with van der Waals surface area (Å²) < 4.78 is 3.72. The molecule has 0 aromatic carbocycles. The predicted octanol–water partition coefficient (Wildman–Crippen LogP) is 0.541. The molecule has 0 saturated heterocycles. The van der Waals surface area contributed by atoms with Crippen molar-refractivity contribution < 1.29 is 0 Å². The van der Waals surface area contributed by atoms with Gasteiger partial charge in [-0.1, -0.05) is 0 Å². The van der Waals surface area contributed by atoms with Gasteiger partial charge in [0.05, 0.1) is 6.33 Å². The fourth-order valence-corrected chi connectivity index (χ4v) is 1.04. The van der Waals surface area contributed by atoms with Crippen molar-refractivity contribution in [2.75, 3.05) is 0 Å². The lowest BCUT2D eigenvalue weighted by atomic mass is 10.5. The molecule has 0 N–H and O–H groups in total. The molecule has 2 aromatic heterocycles. The van der Waals surface area contributed by atoms with Gasteiger partial charge < -0.3 is 4.57 Å². The molecular formula is C7H9N5. The molecular weight excluding hydrogens is 154 g/mol. The summed E-state index contributed by atoms with van der Waals surface area (Å²) >= 11 is 0. The Labute approximate surface area is 69.7 Å². The van der Waals surface area contributed by atoms with E-state index in [9.17, 15) is 0 Å². The number of hydrogen-bond acceptors (Lipinski definition) is 3. The van der Waals surface area contributed by atoms with Crippen LogP contribution in [0.5, 0.6) is 0 Å². The van der Waals surface area contributed by atoms with E-state index in [1.165, 1.54) is 6.33 Å². The number of rotatable bonds is 2. The number of imidazole rings is 1. The van der Waals surface area contributed by atoms with Crippen LogP contribution < -0.4 is 0 Å². The highest BCUT2D eigenvalue weighted by molar-refractivity contribution is 4.79. The zero-order valence-corrected chi connectivity index (χ0v) is 6.70. The molecule has 5 heteroatoms. The molecule has 12 heavy (non-hydrogen) atoms. The van der Waals surface area contributed by atoms with E-state index < -0.39 is 0 Å². The Balaban J connectivity index is 2.27. The molecule has 0 amide bonds. The van der Waals surface area contributed by atoms with E-state index in [0.29, 0.717) is 0 Å². The van der Waals surface area contributed by atoms with Gasteiger partial charge in [-0.05, 0) is 6.92 Å². The highest BCUT2D eigenvalue weighted by atomic mass is 15.4. The second-order valence-electron chi connectivity index (χ2n) is 2.52. The van der Waals surface area contributed by atoms with E-state index in [-0.39, 0.29) is 6.17 Å². The topological polar surface area (TPSA) is 48.5 Å². The fourth-order valence-electron chi connectivity index (χ4n) is 1.04. The van der Waals surface area contributed by atoms with Gasteiger partial charge in [0, 0.05) is 12.4 Å². The molecule has 2 heterocycles. The van der Waals surface area contributed by atoms with Gasteiger partial charge in [0.1, 0.15) is 18.8 Å². The van der Waals surface area contributed by atoms with Gasteiger partial charge in [0.15, 0.2) is 0 Å². The molecule has 0 fully saturated rings. The fraction of sp³-hybridized carbons (Fsp3) is 0.286. The Kier molecular flexibility index (Phi) is 1.62. The first kappa shape index (κ1) is 7.02. The van der Waals surface area contributed by atoms with Crippen LogP contribution in [-0.2, 0) is 0 Å². The van der Waals surface area contributed by atoms with Crippen LogP contribution in [0.3, 0.4) is 0 Å². The van der Waals surface area contributed by atoms with E-state index in [0.717, 1.165) is 0 Å². The van der Waals surface area contributed by atoms with Crippen LogP contribution in [0.4, 0.5) is 0 Å². The van der Waals surface area contributed by atoms with Crippen molar-refractivity contribution in [3.05, 3.63) is 31.4 Å². The largest absolute Gasteiger partial charge is 0.315 e. The maximum atomic E-state index is 4.03. The monoisotopic (exact) mass is 163 g/mol. The summed E-state index contributed by atoms with van der Waals surface area (Å²) in [5, 5.41) is 4.03. The Hall–Kier alpha value is -1.65. The summed E-state index contributed by atoms with van der Waals surface area (Å²) in [5.74, 6) is 0. The molecule has 2 rings (SSSR count). The molecule has 0 saturated carbocycles. The minimum atomic E-state index is 0.134. The minimum Gasteiger partial charge on any atom is -0.315 e. The Morgan fingerprint density at radius 3 is 2.75 bits per heavy atom. The minimum absolute atomic E-state index is 0.134. The molecule has 0 aliphatic heterocycles. The number of aromatic nitrogens is 5. The van der Waals surface area contributed by atoms with Crippen molar-refractivity contribution in [3.63, 3.8) is 0 Å². The standard InChI is InChI=1S/C7H9N5/c1-7(11-3-2-8-5-11)12-6-9-4-10-12/h2-7H,1H3. The van der Waals surface area contributed by atoms with Gasteiger partial charge in [0.25, 0.3) is 0 Å². The number of hydrogen-bond donors (Lipinski definition) is 0. The smallest absolute Gasteiger partial charge is 0.137 e. The molecule has 1 unspecified atom stereocenters. The highest BCUT2D eigenvalue weighted by Crippen LogP contribution is 2.04. The zero-order chi connectivity index (χ0) is 8.39. The first-order valence-electron chi connectivity index (χ1n) is 3.69. The highest BCUT2D eigenvalue weighted by Gasteiger charge is 2.04. The summed E-state index contributed by atoms with van der Waals surface area (Å²) in [6, 6.07) is 0. The van der Waals surface area contributed by atoms with Crippen molar-refractivity contribution in [2.24, 2.45) is 0 Å². The molecule has 1 atom stereocenters. The van der Waals surface area contributed by atoms with Gasteiger partial charge in [-0.25, -0.2) is 14.6 Å². The molecule has 5 nitrogen and oxygen atoms in total. The van der Waals surface area contributed by atoms with Crippen molar-refractivity contribution in [1.82, 2.24) is 24.3 Å². The lowest BCUT2D eigenvalue weighted by molar-refractivity contribution is 0.424. The predicted molar refractivity (Wildman–Crippen MR) is 42.4 cm³/mol. The molecule has 62 valence electrons. The third-order valence-electron chi connectivity index (χ3n) is 1.78. The zero-order valence-electron chi connectivity index (χ0n) is 6.70. The summed E-state index contributed by atoms with van der Waals surface area (Å²) in [6.07, 6.45) is 8.74. The summed E-state index contributed by atoms with van der Waals surface area (Å²) in [7, 11) is 0. The molecule has 2 aromatic rings. The summed E-state index contributed by atoms with van der Waals surface area (Å²) in [5.41, 5.74) is 0. The molecule has 0 aliphatic rings. The quantitative estimate of drug-likeness (QED) is 0.649. The second-order valence-corrected chi connectivity index (χ2v) is 2.52. The summed E-state index contributed by atoms with van der Waals surface area (Å²) in [6.45, 7) is 2.02. The molecule has 0 radical (unpaired) electrons. The maximum Gasteiger partial charge on any atom is 0.137 e. The van der Waals surface area contributed by atoms with Gasteiger partial charge >= 0.3 is 0 Å². The molecule has 0 aliphatic carbocycles. The van der Waals surface area contributed by atoms with Crippen molar-refractivity contribution >= 4 is 0 Å². The van der Waals surface area contributed by atoms with E-state index in [1.807, 2.05) is 17.7 Å². The van der Waals surface area contributed by atoms with Gasteiger partial charge in [-0.2, -0.15) is 5.10 Å². The lowest BCUT2D eigenvalue weighted by Crippen LogP contribution is -2.13. The summed E-state index contributed by atoms with van der Waals surface area (Å²) in [4.78, 5) is 7.83. The van der Waals surface area contributed by atoms with Crippen molar-refractivity contribution in [3.8, 4) is 0 Å². The van der Waals surface area contributed by atoms with Gasteiger partial charge in [-0.3, -0.25) is 0 Å². The molecule has 0 bridgehead atoms. The van der Waals surface area contributed by atoms with E-state index in [1.54, 1.807) is 23.5 Å². The Morgan fingerprint density at radius 2 is 2.17 bits per heavy atom. The van der Waals surface area contributed by atoms with E-state index in [4.69, 9.17) is 0 Å². The number of nitrogens with zero attached hydrogens (tertiary/aromatic N) is 5. The maximum absolute atomic E-state index is 4.03. The van der Waals surface area contributed by atoms with Crippen molar-refractivity contribution in [2.45, 2.75) is 13.1 Å². The first-order valence-corrected chi connectivity index (χ1v) is 3.69. The Bertz CT molecular complexity index is 288. The average Bonchev–Trinajstić information content (AvgIpc) is 2.77. The van der Waals surface area contributed by atoms with Crippen LogP contribution in [0.25, 0.3) is 0 Å². The third-order valence-corrected chi connectivity index (χ3v) is 1.78. The van der Waals surface area contributed by atoms with Crippen LogP contribution in [0.2, 0.25) is 0 Å². The van der Waals surface area contributed by atoms with Crippen LogP contribution in [0.1, 0.15) is 13.1 Å². The first-order chi connectivity index (χ1) is 5.88. The van der Waals surface area contributed by atoms with Crippen LogP contribution in [0.15, 0.2) is 31.4 Å².